The van der Waals surface area contributed by atoms with Gasteiger partial charge in [-0.05, 0) is 0 Å². The molecule has 4 heteroatoms. The Morgan fingerprint density at radius 1 is 1.67 bits per heavy atom. The van der Waals surface area contributed by atoms with Crippen LogP contribution >= 0.6 is 12.4 Å². The number of carbonyl (C=O) groups excluding carboxylic acids is 1. The third kappa shape index (κ3) is 2.67. The van der Waals surface area contributed by atoms with Crippen molar-refractivity contribution in [1.29, 1.82) is 0 Å². The van der Waals surface area contributed by atoms with E-state index in [1.54, 1.807) is 0 Å². The molecule has 0 aliphatic heterocycles. The van der Waals surface area contributed by atoms with E-state index in [2.05, 4.69) is 4.74 Å². The monoisotopic (exact) mass is 151 g/mol. The van der Waals surface area contributed by atoms with E-state index in [1.165, 1.54) is 6.92 Å². The van der Waals surface area contributed by atoms with Gasteiger partial charge in [-0.2, -0.15) is 0 Å². The lowest BCUT2D eigenvalue weighted by atomic mass is 10.6. The Morgan fingerprint density at radius 2 is 2.11 bits per heavy atom. The number of ether oxygens (including phenoxy) is 1. The molecular weight excluding hydrogens is 142 g/mol. The van der Waals surface area contributed by atoms with Gasteiger partial charge in [-0.15, -0.1) is 12.4 Å². The second kappa shape index (κ2) is 2.54. The van der Waals surface area contributed by atoms with Crippen molar-refractivity contribution < 1.29 is 9.53 Å². The van der Waals surface area contributed by atoms with Crippen molar-refractivity contribution in [3.63, 3.8) is 0 Å². The van der Waals surface area contributed by atoms with Crippen LogP contribution in [0.25, 0.3) is 0 Å². The molecule has 1 aliphatic rings. The van der Waals surface area contributed by atoms with E-state index in [1.807, 2.05) is 0 Å². The van der Waals surface area contributed by atoms with E-state index in [4.69, 9.17) is 5.73 Å². The quantitative estimate of drug-likeness (QED) is 0.437. The van der Waals surface area contributed by atoms with Crippen LogP contribution in [0.2, 0.25) is 0 Å². The van der Waals surface area contributed by atoms with Crippen LogP contribution in [-0.2, 0) is 9.53 Å². The molecule has 0 radical (unpaired) electrons. The first kappa shape index (κ1) is 8.72. The van der Waals surface area contributed by atoms with Crippen molar-refractivity contribution in [2.75, 3.05) is 0 Å². The molecule has 0 unspecified atom stereocenters. The second-order valence-corrected chi connectivity index (χ2v) is 2.16. The van der Waals surface area contributed by atoms with Gasteiger partial charge in [-0.1, -0.05) is 0 Å². The summed E-state index contributed by atoms with van der Waals surface area (Å²) >= 11 is 0. The molecule has 0 aromatic rings. The normalized spacial score (nSPS) is 19.8. The highest BCUT2D eigenvalue weighted by Gasteiger charge is 2.41. The zero-order valence-corrected chi connectivity index (χ0v) is 6.03. The van der Waals surface area contributed by atoms with Crippen LogP contribution in [0, 0.1) is 0 Å². The molecule has 54 valence electrons. The molecule has 1 saturated carbocycles. The molecule has 1 aliphatic carbocycles. The molecule has 0 saturated heterocycles. The van der Waals surface area contributed by atoms with Gasteiger partial charge in [0.05, 0.1) is 0 Å². The Bertz CT molecular complexity index is 122. The summed E-state index contributed by atoms with van der Waals surface area (Å²) in [6, 6.07) is 0. The van der Waals surface area contributed by atoms with Crippen molar-refractivity contribution >= 4 is 18.4 Å². The lowest BCUT2D eigenvalue weighted by Crippen LogP contribution is -2.27. The molecule has 1 fully saturated rings. The van der Waals surface area contributed by atoms with E-state index in [-0.39, 0.29) is 18.4 Å². The average Bonchev–Trinajstić information content (AvgIpc) is 2.17. The minimum absolute atomic E-state index is 0. The first-order chi connectivity index (χ1) is 3.62. The lowest BCUT2D eigenvalue weighted by Gasteiger charge is -2.06. The Kier molecular flexibility index (Phi) is 2.46. The molecule has 2 N–H and O–H groups in total. The van der Waals surface area contributed by atoms with Crippen molar-refractivity contribution in [1.82, 2.24) is 0 Å². The van der Waals surface area contributed by atoms with Crippen molar-refractivity contribution in [2.24, 2.45) is 5.73 Å². The Balaban J connectivity index is 0.000000640. The molecule has 0 spiro atoms. The van der Waals surface area contributed by atoms with Gasteiger partial charge in [0.25, 0.3) is 0 Å². The Hall–Kier alpha value is -0.280. The second-order valence-electron chi connectivity index (χ2n) is 2.16. The molecule has 0 atom stereocenters. The number of esters is 1. The van der Waals surface area contributed by atoms with E-state index in [0.717, 1.165) is 12.8 Å². The third-order valence-corrected chi connectivity index (χ3v) is 1.09. The van der Waals surface area contributed by atoms with Crippen LogP contribution in [0.4, 0.5) is 0 Å². The summed E-state index contributed by atoms with van der Waals surface area (Å²) in [5.41, 5.74) is 4.83. The summed E-state index contributed by atoms with van der Waals surface area (Å²) in [7, 11) is 0. The molecule has 0 heterocycles. The highest BCUT2D eigenvalue weighted by atomic mass is 35.5. The Labute approximate surface area is 60.0 Å². The van der Waals surface area contributed by atoms with Gasteiger partial charge in [0.2, 0.25) is 0 Å². The van der Waals surface area contributed by atoms with E-state index >= 15 is 0 Å². The van der Waals surface area contributed by atoms with Crippen molar-refractivity contribution in [3.8, 4) is 0 Å². The highest BCUT2D eigenvalue weighted by Crippen LogP contribution is 2.33. The molecule has 0 aromatic carbocycles. The number of hydrogen-bond donors (Lipinski definition) is 1. The first-order valence-corrected chi connectivity index (χ1v) is 2.61. The van der Waals surface area contributed by atoms with Crippen LogP contribution in [0.3, 0.4) is 0 Å². The van der Waals surface area contributed by atoms with Gasteiger partial charge in [-0.3, -0.25) is 10.5 Å². The third-order valence-electron chi connectivity index (χ3n) is 1.09. The van der Waals surface area contributed by atoms with E-state index < -0.39 is 5.72 Å². The molecule has 0 aromatic heterocycles. The van der Waals surface area contributed by atoms with Crippen LogP contribution in [0.1, 0.15) is 19.8 Å². The molecule has 3 nitrogen and oxygen atoms in total. The van der Waals surface area contributed by atoms with E-state index in [9.17, 15) is 4.79 Å². The van der Waals surface area contributed by atoms with Crippen molar-refractivity contribution in [2.45, 2.75) is 25.5 Å². The summed E-state index contributed by atoms with van der Waals surface area (Å²) in [6.45, 7) is 1.37. The lowest BCUT2D eigenvalue weighted by molar-refractivity contribution is -0.148. The maximum absolute atomic E-state index is 10.2. The summed E-state index contributed by atoms with van der Waals surface area (Å²) in [6.07, 6.45) is 1.62. The maximum atomic E-state index is 10.2. The Morgan fingerprint density at radius 3 is 2.22 bits per heavy atom. The van der Waals surface area contributed by atoms with Gasteiger partial charge >= 0.3 is 5.97 Å². The minimum atomic E-state index is -0.578. The van der Waals surface area contributed by atoms with Gasteiger partial charge < -0.3 is 4.74 Å². The van der Waals surface area contributed by atoms with Gasteiger partial charge in [0.15, 0.2) is 5.72 Å². The largest absolute Gasteiger partial charge is 0.444 e. The van der Waals surface area contributed by atoms with Crippen LogP contribution < -0.4 is 5.73 Å². The molecular formula is C5H10ClNO2. The SMILES string of the molecule is CC(=O)OC1(N)CC1.Cl. The summed E-state index contributed by atoms with van der Waals surface area (Å²) in [5.74, 6) is -0.287. The first-order valence-electron chi connectivity index (χ1n) is 2.61. The average molecular weight is 152 g/mol. The number of rotatable bonds is 1. The van der Waals surface area contributed by atoms with Crippen molar-refractivity contribution in [3.05, 3.63) is 0 Å². The smallest absolute Gasteiger partial charge is 0.304 e. The van der Waals surface area contributed by atoms with Crippen LogP contribution in [0.5, 0.6) is 0 Å². The fourth-order valence-corrected chi connectivity index (χ4v) is 0.512. The number of halogens is 1. The van der Waals surface area contributed by atoms with Crippen LogP contribution in [-0.4, -0.2) is 11.7 Å². The van der Waals surface area contributed by atoms with Gasteiger partial charge in [0, 0.05) is 19.8 Å². The highest BCUT2D eigenvalue weighted by molar-refractivity contribution is 5.85. The molecule has 0 amide bonds. The van der Waals surface area contributed by atoms with Crippen LogP contribution in [0.15, 0.2) is 0 Å². The fraction of sp³-hybridized carbons (Fsp3) is 0.800. The standard InChI is InChI=1S/C5H9NO2.ClH/c1-4(7)8-5(6)2-3-5;/h2-3,6H2,1H3;1H. The van der Waals surface area contributed by atoms with E-state index in [0.29, 0.717) is 0 Å². The summed E-state index contributed by atoms with van der Waals surface area (Å²) < 4.78 is 4.69. The number of nitrogens with two attached hydrogens (primary N) is 1. The number of hydrogen-bond acceptors (Lipinski definition) is 3. The zero-order chi connectivity index (χ0) is 6.20. The fourth-order valence-electron chi connectivity index (χ4n) is 0.512. The van der Waals surface area contributed by atoms with Gasteiger partial charge in [0.1, 0.15) is 0 Å². The number of carbonyl (C=O) groups is 1. The summed E-state index contributed by atoms with van der Waals surface area (Å²) in [5, 5.41) is 0. The predicted molar refractivity (Wildman–Crippen MR) is 35.2 cm³/mol. The maximum Gasteiger partial charge on any atom is 0.304 e. The topological polar surface area (TPSA) is 52.3 Å². The predicted octanol–water partition coefficient (Wildman–Crippen LogP) is 0.420. The molecule has 9 heavy (non-hydrogen) atoms. The van der Waals surface area contributed by atoms with Gasteiger partial charge in [-0.25, -0.2) is 0 Å². The minimum Gasteiger partial charge on any atom is -0.444 e. The molecule has 0 bridgehead atoms. The summed E-state index contributed by atoms with van der Waals surface area (Å²) in [4.78, 5) is 10.2. The zero-order valence-electron chi connectivity index (χ0n) is 5.22. The molecule has 1 rings (SSSR count).